The molecule has 1 aliphatic carbocycles. The van der Waals surface area contributed by atoms with Gasteiger partial charge in [0.25, 0.3) is 0 Å². The molecule has 0 amide bonds. The van der Waals surface area contributed by atoms with Gasteiger partial charge in [0.1, 0.15) is 0 Å². The minimum absolute atomic E-state index is 0.0154. The maximum absolute atomic E-state index is 10.2. The number of benzene rings is 2. The molecule has 0 radical (unpaired) electrons. The third-order valence-electron chi connectivity index (χ3n) is 4.78. The van der Waals surface area contributed by atoms with Gasteiger partial charge in [0.15, 0.2) is 23.0 Å². The molecule has 28 heavy (non-hydrogen) atoms. The highest BCUT2D eigenvalue weighted by atomic mass is 16.5. The number of hydrogen-bond donors (Lipinski definition) is 2. The summed E-state index contributed by atoms with van der Waals surface area (Å²) >= 11 is 0. The quantitative estimate of drug-likeness (QED) is 0.603. The van der Waals surface area contributed by atoms with Crippen LogP contribution >= 0.6 is 0 Å². The summed E-state index contributed by atoms with van der Waals surface area (Å²) < 4.78 is 21.8. The van der Waals surface area contributed by atoms with Crippen LogP contribution in [0, 0.1) is 0 Å². The molecule has 0 bridgehead atoms. The van der Waals surface area contributed by atoms with E-state index in [4.69, 9.17) is 18.9 Å². The summed E-state index contributed by atoms with van der Waals surface area (Å²) in [6.07, 6.45) is 2.89. The molecule has 2 N–H and O–H groups in total. The summed E-state index contributed by atoms with van der Waals surface area (Å²) in [5, 5.41) is 23.1. The lowest BCUT2D eigenvalue weighted by molar-refractivity contribution is 0.317. The highest BCUT2D eigenvalue weighted by Crippen LogP contribution is 2.47. The van der Waals surface area contributed by atoms with Gasteiger partial charge in [-0.2, -0.15) is 0 Å². The predicted molar refractivity (Wildman–Crippen MR) is 105 cm³/mol. The van der Waals surface area contributed by atoms with Crippen molar-refractivity contribution in [3.05, 3.63) is 47.0 Å². The monoisotopic (exact) mass is 385 g/mol. The maximum Gasteiger partial charge on any atom is 0.203 e. The molecule has 0 saturated carbocycles. The van der Waals surface area contributed by atoms with Crippen LogP contribution in [0.25, 0.3) is 5.57 Å². The Balaban J connectivity index is 2.30. The molecular weight excluding hydrogens is 362 g/mol. The highest BCUT2D eigenvalue weighted by molar-refractivity contribution is 6.05. The van der Waals surface area contributed by atoms with Crippen molar-refractivity contribution in [3.8, 4) is 28.7 Å². The molecule has 1 aliphatic rings. The number of phenols is 1. The molecule has 2 aromatic rings. The van der Waals surface area contributed by atoms with E-state index in [0.29, 0.717) is 41.6 Å². The van der Waals surface area contributed by atoms with E-state index in [1.165, 1.54) is 7.11 Å². The lowest BCUT2D eigenvalue weighted by Gasteiger charge is -2.20. The minimum Gasteiger partial charge on any atom is -0.504 e. The van der Waals surface area contributed by atoms with Crippen LogP contribution in [-0.4, -0.2) is 44.5 Å². The van der Waals surface area contributed by atoms with Gasteiger partial charge in [-0.3, -0.25) is 0 Å². The second-order valence-corrected chi connectivity index (χ2v) is 6.21. The lowest BCUT2D eigenvalue weighted by Crippen LogP contribution is -2.03. The number of aromatic hydroxyl groups is 1. The fourth-order valence-electron chi connectivity index (χ4n) is 3.45. The van der Waals surface area contributed by atoms with E-state index in [-0.39, 0.29) is 5.75 Å². The third kappa shape index (κ3) is 3.31. The first-order valence-corrected chi connectivity index (χ1v) is 8.70. The van der Waals surface area contributed by atoms with Gasteiger partial charge in [-0.05, 0) is 53.8 Å². The molecule has 0 saturated heterocycles. The van der Waals surface area contributed by atoms with Gasteiger partial charge in [0.05, 0.1) is 34.2 Å². The van der Waals surface area contributed by atoms with Crippen molar-refractivity contribution >= 4 is 11.3 Å². The molecule has 0 heterocycles. The fraction of sp³-hybridized carbons (Fsp3) is 0.286. The molecular formula is C21H23NO6. The average molecular weight is 385 g/mol. The largest absolute Gasteiger partial charge is 0.504 e. The van der Waals surface area contributed by atoms with Crippen LogP contribution in [0.3, 0.4) is 0 Å². The number of rotatable bonds is 5. The van der Waals surface area contributed by atoms with Crippen LogP contribution < -0.4 is 18.9 Å². The summed E-state index contributed by atoms with van der Waals surface area (Å²) in [6, 6.07) is 6.99. The number of ether oxygens (including phenoxy) is 4. The Kier molecular flexibility index (Phi) is 5.63. The van der Waals surface area contributed by atoms with Gasteiger partial charge in [-0.1, -0.05) is 11.2 Å². The van der Waals surface area contributed by atoms with E-state index in [1.807, 2.05) is 12.1 Å². The van der Waals surface area contributed by atoms with E-state index in [9.17, 15) is 10.3 Å². The Hall–Kier alpha value is -3.35. The predicted octanol–water partition coefficient (Wildman–Crippen LogP) is 3.63. The molecule has 0 spiro atoms. The summed E-state index contributed by atoms with van der Waals surface area (Å²) in [5.41, 5.74) is 3.76. The van der Waals surface area contributed by atoms with Gasteiger partial charge < -0.3 is 29.3 Å². The van der Waals surface area contributed by atoms with Crippen molar-refractivity contribution < 1.29 is 29.3 Å². The normalized spacial score (nSPS) is 14.7. The van der Waals surface area contributed by atoms with Crippen LogP contribution in [0.15, 0.2) is 35.5 Å². The van der Waals surface area contributed by atoms with Crippen LogP contribution in [0.2, 0.25) is 0 Å². The Morgan fingerprint density at radius 3 is 2.14 bits per heavy atom. The Labute approximate surface area is 163 Å². The average Bonchev–Trinajstić information content (AvgIpc) is 2.91. The molecule has 0 fully saturated rings. The molecule has 2 aromatic carbocycles. The zero-order valence-electron chi connectivity index (χ0n) is 16.3. The first kappa shape index (κ1) is 19.4. The Bertz CT molecular complexity index is 948. The number of oxime groups is 1. The molecule has 0 aromatic heterocycles. The first-order chi connectivity index (χ1) is 13.6. The van der Waals surface area contributed by atoms with Crippen molar-refractivity contribution in [2.24, 2.45) is 5.16 Å². The Morgan fingerprint density at radius 1 is 0.857 bits per heavy atom. The number of allylic oxidation sites excluding steroid dienone is 1. The second kappa shape index (κ2) is 8.12. The number of phenolic OH excluding ortho intramolecular Hbond substituents is 1. The highest BCUT2D eigenvalue weighted by Gasteiger charge is 2.26. The van der Waals surface area contributed by atoms with E-state index in [1.54, 1.807) is 39.5 Å². The van der Waals surface area contributed by atoms with Crippen LogP contribution in [-0.2, 0) is 6.42 Å². The minimum atomic E-state index is 0.0154. The summed E-state index contributed by atoms with van der Waals surface area (Å²) in [7, 11) is 6.19. The van der Waals surface area contributed by atoms with Gasteiger partial charge in [-0.25, -0.2) is 0 Å². The van der Waals surface area contributed by atoms with E-state index in [2.05, 4.69) is 5.16 Å². The molecule has 0 unspecified atom stereocenters. The summed E-state index contributed by atoms with van der Waals surface area (Å²) in [4.78, 5) is 0. The van der Waals surface area contributed by atoms with Crippen molar-refractivity contribution in [3.63, 3.8) is 0 Å². The van der Waals surface area contributed by atoms with Crippen molar-refractivity contribution in [1.29, 1.82) is 0 Å². The van der Waals surface area contributed by atoms with Gasteiger partial charge >= 0.3 is 0 Å². The SMILES string of the molecule is COc1ccc(C2=CC(=NO)CCc3c2cc(OC)c(OC)c3OC)cc1O. The molecule has 0 atom stereocenters. The zero-order valence-corrected chi connectivity index (χ0v) is 16.3. The molecule has 3 rings (SSSR count). The second-order valence-electron chi connectivity index (χ2n) is 6.21. The van der Waals surface area contributed by atoms with Gasteiger partial charge in [-0.15, -0.1) is 0 Å². The maximum atomic E-state index is 10.2. The van der Waals surface area contributed by atoms with Gasteiger partial charge in [0.2, 0.25) is 5.75 Å². The Morgan fingerprint density at radius 2 is 1.57 bits per heavy atom. The number of hydrogen-bond acceptors (Lipinski definition) is 7. The van der Waals surface area contributed by atoms with Crippen molar-refractivity contribution in [2.45, 2.75) is 12.8 Å². The first-order valence-electron chi connectivity index (χ1n) is 8.70. The summed E-state index contributed by atoms with van der Waals surface area (Å²) in [5.74, 6) is 1.98. The standard InChI is InChI=1S/C21H23NO6/c1-25-18-8-5-12(9-17(18)23)15-10-13(22-24)6-7-14-16(15)11-19(26-2)21(28-4)20(14)27-3/h5,8-11,23-24H,6-7H2,1-4H3. The molecule has 148 valence electrons. The molecule has 7 heteroatoms. The summed E-state index contributed by atoms with van der Waals surface area (Å²) in [6.45, 7) is 0. The molecule has 0 aliphatic heterocycles. The van der Waals surface area contributed by atoms with Gasteiger partial charge in [0, 0.05) is 5.56 Å². The van der Waals surface area contributed by atoms with Crippen LogP contribution in [0.5, 0.6) is 28.7 Å². The smallest absolute Gasteiger partial charge is 0.203 e. The van der Waals surface area contributed by atoms with Crippen LogP contribution in [0.1, 0.15) is 23.1 Å². The fourth-order valence-corrected chi connectivity index (χ4v) is 3.45. The topological polar surface area (TPSA) is 89.7 Å². The van der Waals surface area contributed by atoms with Crippen molar-refractivity contribution in [1.82, 2.24) is 0 Å². The lowest BCUT2D eigenvalue weighted by atomic mass is 9.92. The third-order valence-corrected chi connectivity index (χ3v) is 4.78. The zero-order chi connectivity index (χ0) is 20.3. The van der Waals surface area contributed by atoms with E-state index in [0.717, 1.165) is 22.3 Å². The van der Waals surface area contributed by atoms with Crippen LogP contribution in [0.4, 0.5) is 0 Å². The van der Waals surface area contributed by atoms with E-state index < -0.39 is 0 Å². The number of nitrogens with zero attached hydrogens (tertiary/aromatic N) is 1. The number of methoxy groups -OCH3 is 4. The van der Waals surface area contributed by atoms with Crippen molar-refractivity contribution in [2.75, 3.05) is 28.4 Å². The number of fused-ring (bicyclic) bond motifs is 1. The molecule has 7 nitrogen and oxygen atoms in total. The van der Waals surface area contributed by atoms with E-state index >= 15 is 0 Å².